The molecule has 1 saturated heterocycles. The van der Waals surface area contributed by atoms with Crippen LogP contribution in [-0.2, 0) is 9.53 Å². The first-order chi connectivity index (χ1) is 9.15. The van der Waals surface area contributed by atoms with Crippen LogP contribution >= 0.6 is 0 Å². The number of benzene rings is 1. The summed E-state index contributed by atoms with van der Waals surface area (Å²) in [6.45, 7) is 6.71. The summed E-state index contributed by atoms with van der Waals surface area (Å²) < 4.78 is 4.96. The van der Waals surface area contributed by atoms with Gasteiger partial charge in [0.15, 0.2) is 0 Å². The maximum absolute atomic E-state index is 10.7. The molecule has 0 saturated carbocycles. The summed E-state index contributed by atoms with van der Waals surface area (Å²) in [6.07, 6.45) is 0. The molecule has 0 aliphatic carbocycles. The van der Waals surface area contributed by atoms with Gasteiger partial charge >= 0.3 is 5.97 Å². The van der Waals surface area contributed by atoms with Gasteiger partial charge in [0.05, 0.1) is 0 Å². The number of anilines is 2. The molecule has 5 heteroatoms. The van der Waals surface area contributed by atoms with E-state index in [0.29, 0.717) is 6.61 Å². The van der Waals surface area contributed by atoms with Crippen LogP contribution in [0.5, 0.6) is 0 Å². The number of esters is 1. The second-order valence-electron chi connectivity index (χ2n) is 4.76. The van der Waals surface area contributed by atoms with Gasteiger partial charge in [-0.3, -0.25) is 9.69 Å². The summed E-state index contributed by atoms with van der Waals surface area (Å²) >= 11 is 0. The molecule has 2 N–H and O–H groups in total. The van der Waals surface area contributed by atoms with Gasteiger partial charge in [-0.15, -0.1) is 0 Å². The minimum Gasteiger partial charge on any atom is -0.465 e. The Balaban J connectivity index is 1.76. The van der Waals surface area contributed by atoms with Crippen molar-refractivity contribution in [2.45, 2.75) is 6.92 Å². The third-order valence-electron chi connectivity index (χ3n) is 3.34. The Morgan fingerprint density at radius 1 is 1.21 bits per heavy atom. The van der Waals surface area contributed by atoms with Crippen LogP contribution in [0.15, 0.2) is 24.3 Å². The number of carbonyl (C=O) groups excluding carboxylic acids is 1. The minimum absolute atomic E-state index is 0.208. The van der Waals surface area contributed by atoms with E-state index in [1.807, 2.05) is 12.1 Å². The Morgan fingerprint density at radius 3 is 2.42 bits per heavy atom. The van der Waals surface area contributed by atoms with Crippen LogP contribution in [0.25, 0.3) is 0 Å². The molecule has 1 fully saturated rings. The standard InChI is InChI=1S/C14H21N3O2/c1-12(18)19-11-10-16-6-8-17(9-7-16)14-4-2-13(15)3-5-14/h2-5H,6-11,15H2,1H3. The zero-order valence-corrected chi connectivity index (χ0v) is 11.3. The minimum atomic E-state index is -0.208. The SMILES string of the molecule is CC(=O)OCCN1CCN(c2ccc(N)cc2)CC1. The van der Waals surface area contributed by atoms with Gasteiger partial charge in [0, 0.05) is 51.0 Å². The van der Waals surface area contributed by atoms with E-state index in [1.165, 1.54) is 12.6 Å². The van der Waals surface area contributed by atoms with Crippen LogP contribution in [0.3, 0.4) is 0 Å². The van der Waals surface area contributed by atoms with Crippen LogP contribution in [0, 0.1) is 0 Å². The summed E-state index contributed by atoms with van der Waals surface area (Å²) in [6, 6.07) is 7.98. The van der Waals surface area contributed by atoms with Gasteiger partial charge in [-0.25, -0.2) is 0 Å². The third-order valence-corrected chi connectivity index (χ3v) is 3.34. The van der Waals surface area contributed by atoms with Crippen molar-refractivity contribution >= 4 is 17.3 Å². The third kappa shape index (κ3) is 4.13. The molecule has 1 aromatic rings. The number of nitrogens with zero attached hydrogens (tertiary/aromatic N) is 2. The predicted octanol–water partition coefficient (Wildman–Crippen LogP) is 0.954. The van der Waals surface area contributed by atoms with E-state index in [4.69, 9.17) is 10.5 Å². The fraction of sp³-hybridized carbons (Fsp3) is 0.500. The molecule has 1 aliphatic rings. The van der Waals surface area contributed by atoms with E-state index in [9.17, 15) is 4.79 Å². The van der Waals surface area contributed by atoms with Gasteiger partial charge in [0.25, 0.3) is 0 Å². The van der Waals surface area contributed by atoms with Gasteiger partial charge in [0.1, 0.15) is 6.61 Å². The quantitative estimate of drug-likeness (QED) is 0.647. The topological polar surface area (TPSA) is 58.8 Å². The molecule has 0 atom stereocenters. The lowest BCUT2D eigenvalue weighted by atomic mass is 10.2. The smallest absolute Gasteiger partial charge is 0.302 e. The van der Waals surface area contributed by atoms with Crippen LogP contribution in [0.1, 0.15) is 6.92 Å². The first-order valence-corrected chi connectivity index (χ1v) is 6.61. The second-order valence-corrected chi connectivity index (χ2v) is 4.76. The molecule has 0 unspecified atom stereocenters. The maximum atomic E-state index is 10.7. The van der Waals surface area contributed by atoms with Crippen molar-refractivity contribution in [3.63, 3.8) is 0 Å². The highest BCUT2D eigenvalue weighted by atomic mass is 16.5. The lowest BCUT2D eigenvalue weighted by Crippen LogP contribution is -2.47. The maximum Gasteiger partial charge on any atom is 0.302 e. The molecule has 0 bridgehead atoms. The average molecular weight is 263 g/mol. The zero-order chi connectivity index (χ0) is 13.7. The van der Waals surface area contributed by atoms with Crippen molar-refractivity contribution in [3.8, 4) is 0 Å². The van der Waals surface area contributed by atoms with Crippen molar-refractivity contribution in [3.05, 3.63) is 24.3 Å². The van der Waals surface area contributed by atoms with E-state index in [2.05, 4.69) is 21.9 Å². The molecule has 1 aromatic carbocycles. The molecule has 0 aromatic heterocycles. The Morgan fingerprint density at radius 2 is 1.84 bits per heavy atom. The largest absolute Gasteiger partial charge is 0.465 e. The normalized spacial score (nSPS) is 16.4. The number of hydrogen-bond donors (Lipinski definition) is 1. The van der Waals surface area contributed by atoms with Crippen LogP contribution in [-0.4, -0.2) is 50.2 Å². The summed E-state index contributed by atoms with van der Waals surface area (Å²) in [5, 5.41) is 0. The molecule has 0 amide bonds. The molecule has 2 rings (SSSR count). The fourth-order valence-corrected chi connectivity index (χ4v) is 2.23. The lowest BCUT2D eigenvalue weighted by Gasteiger charge is -2.36. The molecule has 19 heavy (non-hydrogen) atoms. The molecule has 1 heterocycles. The van der Waals surface area contributed by atoms with Gasteiger partial charge in [-0.05, 0) is 24.3 Å². The van der Waals surface area contributed by atoms with Crippen LogP contribution in [0.2, 0.25) is 0 Å². The highest BCUT2D eigenvalue weighted by molar-refractivity contribution is 5.65. The molecular weight excluding hydrogens is 242 g/mol. The number of carbonyl (C=O) groups is 1. The van der Waals surface area contributed by atoms with Gasteiger partial charge in [0.2, 0.25) is 0 Å². The van der Waals surface area contributed by atoms with Crippen molar-refractivity contribution in [1.29, 1.82) is 0 Å². The summed E-state index contributed by atoms with van der Waals surface area (Å²) in [7, 11) is 0. The molecule has 0 spiro atoms. The van der Waals surface area contributed by atoms with E-state index < -0.39 is 0 Å². The lowest BCUT2D eigenvalue weighted by molar-refractivity contribution is -0.141. The number of rotatable bonds is 4. The van der Waals surface area contributed by atoms with Crippen LogP contribution < -0.4 is 10.6 Å². The zero-order valence-electron chi connectivity index (χ0n) is 11.3. The number of nitrogen functional groups attached to an aromatic ring is 1. The fourth-order valence-electron chi connectivity index (χ4n) is 2.23. The molecule has 5 nitrogen and oxygen atoms in total. The Hall–Kier alpha value is -1.75. The number of piperazine rings is 1. The van der Waals surface area contributed by atoms with Gasteiger partial charge < -0.3 is 15.4 Å². The van der Waals surface area contributed by atoms with Crippen molar-refractivity contribution in [2.24, 2.45) is 0 Å². The van der Waals surface area contributed by atoms with Gasteiger partial charge in [-0.2, -0.15) is 0 Å². The second kappa shape index (κ2) is 6.43. The first kappa shape index (κ1) is 13.7. The Kier molecular flexibility index (Phi) is 4.63. The molecular formula is C14H21N3O2. The first-order valence-electron chi connectivity index (χ1n) is 6.61. The van der Waals surface area contributed by atoms with Crippen molar-refractivity contribution < 1.29 is 9.53 Å². The number of ether oxygens (including phenoxy) is 1. The predicted molar refractivity (Wildman–Crippen MR) is 76.1 cm³/mol. The Labute approximate surface area is 113 Å². The summed E-state index contributed by atoms with van der Waals surface area (Å²) in [5.74, 6) is -0.208. The molecule has 0 radical (unpaired) electrons. The molecule has 1 aliphatic heterocycles. The summed E-state index contributed by atoms with van der Waals surface area (Å²) in [4.78, 5) is 15.4. The highest BCUT2D eigenvalue weighted by Crippen LogP contribution is 2.17. The molecule has 104 valence electrons. The number of hydrogen-bond acceptors (Lipinski definition) is 5. The van der Waals surface area contributed by atoms with E-state index >= 15 is 0 Å². The van der Waals surface area contributed by atoms with Crippen molar-refractivity contribution in [2.75, 3.05) is 50.0 Å². The Bertz CT molecular complexity index is 411. The van der Waals surface area contributed by atoms with E-state index in [0.717, 1.165) is 38.4 Å². The summed E-state index contributed by atoms with van der Waals surface area (Å²) in [5.41, 5.74) is 7.70. The van der Waals surface area contributed by atoms with Crippen molar-refractivity contribution in [1.82, 2.24) is 4.90 Å². The average Bonchev–Trinajstić information content (AvgIpc) is 2.40. The highest BCUT2D eigenvalue weighted by Gasteiger charge is 2.16. The van der Waals surface area contributed by atoms with E-state index in [-0.39, 0.29) is 5.97 Å². The van der Waals surface area contributed by atoms with Gasteiger partial charge in [-0.1, -0.05) is 0 Å². The van der Waals surface area contributed by atoms with E-state index in [1.54, 1.807) is 0 Å². The van der Waals surface area contributed by atoms with Crippen LogP contribution in [0.4, 0.5) is 11.4 Å². The monoisotopic (exact) mass is 263 g/mol. The number of nitrogens with two attached hydrogens (primary N) is 1.